The van der Waals surface area contributed by atoms with E-state index in [9.17, 15) is 4.79 Å². The monoisotopic (exact) mass is 654 g/mol. The Morgan fingerprint density at radius 3 is 2.54 bits per heavy atom. The van der Waals surface area contributed by atoms with Gasteiger partial charge in [-0.05, 0) is 111 Å². The molecule has 5 rings (SSSR count). The van der Waals surface area contributed by atoms with Gasteiger partial charge in [-0.1, -0.05) is 61.5 Å². The molecule has 4 aromatic rings. The minimum atomic E-state index is -0.205. The average Bonchev–Trinajstić information content (AvgIpc) is 3.66. The van der Waals surface area contributed by atoms with Crippen molar-refractivity contribution in [3.05, 3.63) is 75.7 Å². The van der Waals surface area contributed by atoms with E-state index in [4.69, 9.17) is 16.3 Å². The number of tetrazole rings is 1. The highest BCUT2D eigenvalue weighted by atomic mass is 79.9. The molecule has 8 nitrogen and oxygen atoms in total. The molecule has 2 heterocycles. The Bertz CT molecular complexity index is 1490. The number of likely N-dealkylation sites (tertiary alicyclic amines) is 1. The molecule has 0 spiro atoms. The topological polar surface area (TPSA) is 85.2 Å². The molecule has 0 bridgehead atoms. The molecular formula is C30H32BrClN6O2S. The molecule has 0 saturated carbocycles. The predicted octanol–water partition coefficient (Wildman–Crippen LogP) is 7.07. The number of benzene rings is 3. The summed E-state index contributed by atoms with van der Waals surface area (Å²) in [6.07, 6.45) is 2.57. The fraction of sp³-hybridized carbons (Fsp3) is 0.333. The number of aromatic nitrogens is 4. The highest BCUT2D eigenvalue weighted by molar-refractivity contribution is 9.10. The van der Waals surface area contributed by atoms with Gasteiger partial charge in [0.1, 0.15) is 12.4 Å². The van der Waals surface area contributed by atoms with Gasteiger partial charge in [-0.25, -0.2) is 0 Å². The van der Waals surface area contributed by atoms with Crippen LogP contribution in [0, 0.1) is 0 Å². The van der Waals surface area contributed by atoms with E-state index < -0.39 is 0 Å². The van der Waals surface area contributed by atoms with Crippen LogP contribution in [0.25, 0.3) is 16.8 Å². The molecule has 0 aliphatic carbocycles. The SMILES string of the molecule is CC(C)c1ccc(-n2nnnc2SCC(=O)Nc2ccc(-c3ccc(OCCN4CCCC4)cc3)cc2Cl)c(Br)c1. The van der Waals surface area contributed by atoms with E-state index in [2.05, 4.69) is 67.7 Å². The lowest BCUT2D eigenvalue weighted by Gasteiger charge is -2.15. The molecule has 0 radical (unpaired) electrons. The lowest BCUT2D eigenvalue weighted by atomic mass is 10.0. The van der Waals surface area contributed by atoms with Crippen LogP contribution < -0.4 is 10.1 Å². The van der Waals surface area contributed by atoms with Gasteiger partial charge in [-0.15, -0.1) is 5.10 Å². The van der Waals surface area contributed by atoms with Gasteiger partial charge in [0.25, 0.3) is 0 Å². The second-order valence-corrected chi connectivity index (χ2v) is 12.4. The van der Waals surface area contributed by atoms with Gasteiger partial charge in [0.2, 0.25) is 11.1 Å². The largest absolute Gasteiger partial charge is 0.492 e. The van der Waals surface area contributed by atoms with E-state index in [-0.39, 0.29) is 11.7 Å². The van der Waals surface area contributed by atoms with E-state index in [0.29, 0.717) is 28.4 Å². The van der Waals surface area contributed by atoms with Crippen LogP contribution in [0.1, 0.15) is 38.2 Å². The van der Waals surface area contributed by atoms with Crippen LogP contribution >= 0.6 is 39.3 Å². The van der Waals surface area contributed by atoms with Crippen LogP contribution in [0.2, 0.25) is 5.02 Å². The van der Waals surface area contributed by atoms with Crippen LogP contribution in [0.3, 0.4) is 0 Å². The molecule has 1 saturated heterocycles. The van der Waals surface area contributed by atoms with Crippen molar-refractivity contribution in [2.45, 2.75) is 37.8 Å². The van der Waals surface area contributed by atoms with Gasteiger partial charge in [-0.3, -0.25) is 9.69 Å². The normalized spacial score (nSPS) is 13.6. The lowest BCUT2D eigenvalue weighted by molar-refractivity contribution is -0.113. The quantitative estimate of drug-likeness (QED) is 0.173. The summed E-state index contributed by atoms with van der Waals surface area (Å²) in [7, 11) is 0. The third-order valence-electron chi connectivity index (χ3n) is 6.95. The zero-order chi connectivity index (χ0) is 28.8. The summed E-state index contributed by atoms with van der Waals surface area (Å²) >= 11 is 11.4. The van der Waals surface area contributed by atoms with Crippen molar-refractivity contribution in [3.63, 3.8) is 0 Å². The van der Waals surface area contributed by atoms with E-state index in [1.165, 1.54) is 43.3 Å². The Morgan fingerprint density at radius 2 is 1.83 bits per heavy atom. The summed E-state index contributed by atoms with van der Waals surface area (Å²) in [4.78, 5) is 15.2. The van der Waals surface area contributed by atoms with Crippen LogP contribution in [0.15, 0.2) is 70.3 Å². The number of carbonyl (C=O) groups excluding carboxylic acids is 1. The molecule has 3 aromatic carbocycles. The van der Waals surface area contributed by atoms with Crippen LogP contribution in [-0.4, -0.2) is 63.0 Å². The van der Waals surface area contributed by atoms with Crippen molar-refractivity contribution in [1.82, 2.24) is 25.1 Å². The number of amides is 1. The fourth-order valence-electron chi connectivity index (χ4n) is 4.63. The van der Waals surface area contributed by atoms with Gasteiger partial charge >= 0.3 is 0 Å². The van der Waals surface area contributed by atoms with Gasteiger partial charge in [0, 0.05) is 11.0 Å². The summed E-state index contributed by atoms with van der Waals surface area (Å²) in [5, 5.41) is 15.9. The standard InChI is InChI=1S/C30H32BrClN6O2S/c1-20(2)22-8-12-28(25(31)17-22)38-30(34-35-36-38)41-19-29(39)33-27-11-7-23(18-26(27)32)21-5-9-24(10-6-21)40-16-15-37-13-3-4-14-37/h5-12,17-18,20H,3-4,13-16,19H2,1-2H3,(H,33,39). The van der Waals surface area contributed by atoms with E-state index in [1.54, 1.807) is 4.68 Å². The number of hydrogen-bond acceptors (Lipinski definition) is 7. The lowest BCUT2D eigenvalue weighted by Crippen LogP contribution is -2.25. The first-order valence-corrected chi connectivity index (χ1v) is 15.8. The van der Waals surface area contributed by atoms with Crippen molar-refractivity contribution < 1.29 is 9.53 Å². The smallest absolute Gasteiger partial charge is 0.234 e. The summed E-state index contributed by atoms with van der Waals surface area (Å²) < 4.78 is 8.42. The molecule has 1 fully saturated rings. The van der Waals surface area contributed by atoms with Crippen LogP contribution in [0.4, 0.5) is 5.69 Å². The number of halogens is 2. The Balaban J connectivity index is 1.15. The number of ether oxygens (including phenoxy) is 1. The van der Waals surface area contributed by atoms with Crippen LogP contribution in [-0.2, 0) is 4.79 Å². The first-order chi connectivity index (χ1) is 19.9. The maximum absolute atomic E-state index is 12.8. The fourth-order valence-corrected chi connectivity index (χ4v) is 6.11. The van der Waals surface area contributed by atoms with Crippen molar-refractivity contribution in [2.75, 3.05) is 37.3 Å². The zero-order valence-corrected chi connectivity index (χ0v) is 26.2. The van der Waals surface area contributed by atoms with Crippen molar-refractivity contribution >= 4 is 50.9 Å². The molecule has 11 heteroatoms. The van der Waals surface area contributed by atoms with Crippen molar-refractivity contribution in [1.29, 1.82) is 0 Å². The zero-order valence-electron chi connectivity index (χ0n) is 23.0. The highest BCUT2D eigenvalue weighted by Crippen LogP contribution is 2.31. The number of anilines is 1. The molecule has 1 aliphatic heterocycles. The van der Waals surface area contributed by atoms with Gasteiger partial charge < -0.3 is 10.1 Å². The number of nitrogens with one attached hydrogen (secondary N) is 1. The third kappa shape index (κ3) is 7.68. The van der Waals surface area contributed by atoms with Gasteiger partial charge in [-0.2, -0.15) is 4.68 Å². The Hall–Kier alpha value is -2.92. The number of nitrogens with zero attached hydrogens (tertiary/aromatic N) is 5. The minimum Gasteiger partial charge on any atom is -0.492 e. The second kappa shape index (κ2) is 13.8. The first kappa shape index (κ1) is 29.6. The Kier molecular flexibility index (Phi) is 9.97. The Morgan fingerprint density at radius 1 is 1.07 bits per heavy atom. The minimum absolute atomic E-state index is 0.124. The summed E-state index contributed by atoms with van der Waals surface area (Å²) in [5.74, 6) is 1.18. The molecule has 1 aliphatic rings. The molecule has 0 atom stereocenters. The first-order valence-electron chi connectivity index (χ1n) is 13.6. The maximum atomic E-state index is 12.8. The van der Waals surface area contributed by atoms with E-state index >= 15 is 0 Å². The summed E-state index contributed by atoms with van der Waals surface area (Å²) in [6, 6.07) is 19.7. The molecule has 1 aromatic heterocycles. The van der Waals surface area contributed by atoms with E-state index in [0.717, 1.165) is 33.6 Å². The van der Waals surface area contributed by atoms with Crippen molar-refractivity contribution in [2.24, 2.45) is 0 Å². The van der Waals surface area contributed by atoms with Crippen LogP contribution in [0.5, 0.6) is 5.75 Å². The number of thioether (sulfide) groups is 1. The van der Waals surface area contributed by atoms with Gasteiger partial charge in [0.15, 0.2) is 0 Å². The number of carbonyl (C=O) groups is 1. The average molecular weight is 656 g/mol. The summed E-state index contributed by atoms with van der Waals surface area (Å²) in [5.41, 5.74) is 4.54. The molecule has 1 amide bonds. The third-order valence-corrected chi connectivity index (χ3v) is 8.81. The number of rotatable bonds is 11. The summed E-state index contributed by atoms with van der Waals surface area (Å²) in [6.45, 7) is 8.28. The van der Waals surface area contributed by atoms with E-state index in [1.807, 2.05) is 48.5 Å². The number of hydrogen-bond donors (Lipinski definition) is 1. The van der Waals surface area contributed by atoms with Crippen molar-refractivity contribution in [3.8, 4) is 22.6 Å². The highest BCUT2D eigenvalue weighted by Gasteiger charge is 2.16. The Labute approximate surface area is 257 Å². The molecule has 41 heavy (non-hydrogen) atoms. The predicted molar refractivity (Wildman–Crippen MR) is 168 cm³/mol. The molecule has 0 unspecified atom stereocenters. The molecular weight excluding hydrogens is 624 g/mol. The van der Waals surface area contributed by atoms with Gasteiger partial charge in [0.05, 0.1) is 22.2 Å². The molecule has 214 valence electrons. The molecule has 1 N–H and O–H groups in total. The second-order valence-electron chi connectivity index (χ2n) is 10.2. The maximum Gasteiger partial charge on any atom is 0.234 e.